The van der Waals surface area contributed by atoms with Crippen molar-refractivity contribution < 1.29 is 14.3 Å². The second-order valence-electron chi connectivity index (χ2n) is 7.64. The van der Waals surface area contributed by atoms with Gasteiger partial charge in [0.1, 0.15) is 17.7 Å². The summed E-state index contributed by atoms with van der Waals surface area (Å²) in [7, 11) is 0. The summed E-state index contributed by atoms with van der Waals surface area (Å²) in [6.45, 7) is 2.78. The van der Waals surface area contributed by atoms with Crippen molar-refractivity contribution in [3.05, 3.63) is 42.1 Å². The zero-order chi connectivity index (χ0) is 20.2. The number of nitrogens with one attached hydrogen (secondary N) is 2. The molecule has 1 saturated heterocycles. The molecule has 8 heteroatoms. The van der Waals surface area contributed by atoms with Gasteiger partial charge in [0.05, 0.1) is 11.6 Å². The molecule has 2 aliphatic rings. The number of halogens is 1. The standard InChI is InChI=1S/C21H22FN5O2/c1-2-21(29)17-13(7-10-24-19(17)25-20(21)28)18-12-5-3-4-6-15(12)27(26-18)16-8-9-23-11-14(16)22/h3-7,10,14,16,23,29H,2,8-9,11H2,1H3,(H,24,25,28)/t14-,16+,21?/m0/s1. The molecule has 0 radical (unpaired) electrons. The lowest BCUT2D eigenvalue weighted by atomic mass is 9.88. The highest BCUT2D eigenvalue weighted by molar-refractivity contribution is 6.07. The van der Waals surface area contributed by atoms with Crippen LogP contribution in [-0.4, -0.2) is 45.0 Å². The van der Waals surface area contributed by atoms with Gasteiger partial charge in [-0.15, -0.1) is 0 Å². The van der Waals surface area contributed by atoms with E-state index in [1.165, 1.54) is 0 Å². The van der Waals surface area contributed by atoms with Gasteiger partial charge in [0.2, 0.25) is 0 Å². The third-order valence-corrected chi connectivity index (χ3v) is 6.04. The second-order valence-corrected chi connectivity index (χ2v) is 7.64. The second kappa shape index (κ2) is 6.60. The van der Waals surface area contributed by atoms with Crippen molar-refractivity contribution in [2.75, 3.05) is 18.4 Å². The van der Waals surface area contributed by atoms with Crippen LogP contribution in [0, 0.1) is 0 Å². The van der Waals surface area contributed by atoms with Crippen LogP contribution in [-0.2, 0) is 10.4 Å². The zero-order valence-electron chi connectivity index (χ0n) is 16.0. The molecule has 3 N–H and O–H groups in total. The van der Waals surface area contributed by atoms with E-state index in [1.807, 2.05) is 24.3 Å². The fourth-order valence-corrected chi connectivity index (χ4v) is 4.46. The molecule has 1 aromatic carbocycles. The Labute approximate surface area is 166 Å². The highest BCUT2D eigenvalue weighted by atomic mass is 19.1. The molecule has 0 spiro atoms. The third-order valence-electron chi connectivity index (χ3n) is 6.04. The van der Waals surface area contributed by atoms with E-state index >= 15 is 0 Å². The summed E-state index contributed by atoms with van der Waals surface area (Å²) in [5.74, 6) is -0.137. The molecule has 150 valence electrons. The number of fused-ring (bicyclic) bond motifs is 2. The van der Waals surface area contributed by atoms with E-state index in [1.54, 1.807) is 23.9 Å². The van der Waals surface area contributed by atoms with Gasteiger partial charge in [-0.2, -0.15) is 5.10 Å². The molecular formula is C21H22FN5O2. The molecular weight excluding hydrogens is 373 g/mol. The third kappa shape index (κ3) is 2.59. The molecule has 0 bridgehead atoms. The fourth-order valence-electron chi connectivity index (χ4n) is 4.46. The van der Waals surface area contributed by atoms with Gasteiger partial charge in [-0.1, -0.05) is 25.1 Å². The van der Waals surface area contributed by atoms with E-state index in [9.17, 15) is 14.3 Å². The largest absolute Gasteiger partial charge is 0.375 e. The van der Waals surface area contributed by atoms with Gasteiger partial charge in [-0.25, -0.2) is 9.37 Å². The molecule has 7 nitrogen and oxygen atoms in total. The lowest BCUT2D eigenvalue weighted by molar-refractivity contribution is -0.133. The van der Waals surface area contributed by atoms with Crippen LogP contribution >= 0.6 is 0 Å². The smallest absolute Gasteiger partial charge is 0.262 e. The molecule has 1 unspecified atom stereocenters. The first kappa shape index (κ1) is 18.2. The number of aliphatic hydroxyl groups is 1. The maximum Gasteiger partial charge on any atom is 0.262 e. The Morgan fingerprint density at radius 2 is 2.17 bits per heavy atom. The van der Waals surface area contributed by atoms with E-state index < -0.39 is 17.7 Å². The molecule has 0 aliphatic carbocycles. The molecule has 4 heterocycles. The number of carbonyl (C=O) groups excluding carboxylic acids is 1. The number of aromatic nitrogens is 3. The number of anilines is 1. The molecule has 2 aromatic heterocycles. The maximum absolute atomic E-state index is 14.7. The molecule has 29 heavy (non-hydrogen) atoms. The highest BCUT2D eigenvalue weighted by Gasteiger charge is 2.47. The Bertz CT molecular complexity index is 1110. The Morgan fingerprint density at radius 1 is 1.34 bits per heavy atom. The number of pyridine rings is 1. The van der Waals surface area contributed by atoms with E-state index in [0.29, 0.717) is 35.6 Å². The molecule has 0 saturated carbocycles. The van der Waals surface area contributed by atoms with Crippen molar-refractivity contribution in [2.24, 2.45) is 0 Å². The van der Waals surface area contributed by atoms with Crippen molar-refractivity contribution in [3.8, 4) is 11.3 Å². The molecule has 3 aromatic rings. The summed E-state index contributed by atoms with van der Waals surface area (Å²) >= 11 is 0. The van der Waals surface area contributed by atoms with Crippen molar-refractivity contribution in [1.82, 2.24) is 20.1 Å². The summed E-state index contributed by atoms with van der Waals surface area (Å²) in [6.07, 6.45) is 1.40. The summed E-state index contributed by atoms with van der Waals surface area (Å²) in [5.41, 5.74) is 0.858. The number of amides is 1. The van der Waals surface area contributed by atoms with Crippen LogP contribution in [0.3, 0.4) is 0 Å². The minimum absolute atomic E-state index is 0.212. The Kier molecular flexibility index (Phi) is 4.15. The van der Waals surface area contributed by atoms with Gasteiger partial charge in [0.25, 0.3) is 5.91 Å². The number of hydrogen-bond acceptors (Lipinski definition) is 5. The Balaban J connectivity index is 1.75. The monoisotopic (exact) mass is 395 g/mol. The van der Waals surface area contributed by atoms with Crippen molar-refractivity contribution in [2.45, 2.75) is 37.6 Å². The lowest BCUT2D eigenvalue weighted by Gasteiger charge is -2.27. The SMILES string of the molecule is CCC1(O)C(=O)Nc2nccc(-c3nn([C@@H]4CCNC[C@@H]4F)c4ccccc34)c21. The van der Waals surface area contributed by atoms with Gasteiger partial charge in [0.15, 0.2) is 5.60 Å². The number of carbonyl (C=O) groups is 1. The van der Waals surface area contributed by atoms with Crippen molar-refractivity contribution in [3.63, 3.8) is 0 Å². The number of para-hydroxylation sites is 1. The normalized spacial score (nSPS) is 26.5. The first-order valence-corrected chi connectivity index (χ1v) is 9.90. The van der Waals surface area contributed by atoms with Crippen LogP contribution < -0.4 is 10.6 Å². The summed E-state index contributed by atoms with van der Waals surface area (Å²) in [4.78, 5) is 16.7. The van der Waals surface area contributed by atoms with Gasteiger partial charge in [-0.3, -0.25) is 9.48 Å². The number of nitrogens with zero attached hydrogens (tertiary/aromatic N) is 3. The first-order chi connectivity index (χ1) is 14.0. The maximum atomic E-state index is 14.7. The van der Waals surface area contributed by atoms with Crippen LogP contribution in [0.25, 0.3) is 22.2 Å². The van der Waals surface area contributed by atoms with Gasteiger partial charge < -0.3 is 15.7 Å². The first-order valence-electron chi connectivity index (χ1n) is 9.90. The number of alkyl halides is 1. The van der Waals surface area contributed by atoms with E-state index in [4.69, 9.17) is 5.10 Å². The van der Waals surface area contributed by atoms with Crippen LogP contribution in [0.15, 0.2) is 36.5 Å². The number of rotatable bonds is 3. The predicted molar refractivity (Wildman–Crippen MR) is 107 cm³/mol. The summed E-state index contributed by atoms with van der Waals surface area (Å²) in [6, 6.07) is 9.07. The number of benzene rings is 1. The van der Waals surface area contributed by atoms with Gasteiger partial charge in [0, 0.05) is 29.3 Å². The highest BCUT2D eigenvalue weighted by Crippen LogP contribution is 2.44. The van der Waals surface area contributed by atoms with Crippen LogP contribution in [0.4, 0.5) is 10.2 Å². The van der Waals surface area contributed by atoms with Crippen LogP contribution in [0.2, 0.25) is 0 Å². The lowest BCUT2D eigenvalue weighted by Crippen LogP contribution is -2.39. The molecule has 2 aliphatic heterocycles. The fraction of sp³-hybridized carbons (Fsp3) is 0.381. The minimum Gasteiger partial charge on any atom is -0.375 e. The van der Waals surface area contributed by atoms with Crippen LogP contribution in [0.5, 0.6) is 0 Å². The summed E-state index contributed by atoms with van der Waals surface area (Å²) in [5, 5.41) is 22.5. The average Bonchev–Trinajstić information content (AvgIpc) is 3.24. The quantitative estimate of drug-likeness (QED) is 0.634. The molecule has 1 amide bonds. The van der Waals surface area contributed by atoms with Crippen molar-refractivity contribution in [1.29, 1.82) is 0 Å². The average molecular weight is 395 g/mol. The summed E-state index contributed by atoms with van der Waals surface area (Å²) < 4.78 is 16.5. The zero-order valence-corrected chi connectivity index (χ0v) is 16.0. The Hall–Kier alpha value is -2.84. The molecule has 1 fully saturated rings. The predicted octanol–water partition coefficient (Wildman–Crippen LogP) is 2.52. The van der Waals surface area contributed by atoms with Crippen LogP contribution in [0.1, 0.15) is 31.4 Å². The van der Waals surface area contributed by atoms with E-state index in [2.05, 4.69) is 15.6 Å². The molecule has 5 rings (SSSR count). The van der Waals surface area contributed by atoms with Gasteiger partial charge >= 0.3 is 0 Å². The van der Waals surface area contributed by atoms with Gasteiger partial charge in [-0.05, 0) is 31.5 Å². The number of hydrogen-bond donors (Lipinski definition) is 3. The van der Waals surface area contributed by atoms with E-state index in [-0.39, 0.29) is 12.5 Å². The minimum atomic E-state index is -1.67. The molecule has 3 atom stereocenters. The number of piperidine rings is 1. The Morgan fingerprint density at radius 3 is 2.97 bits per heavy atom. The van der Waals surface area contributed by atoms with E-state index in [0.717, 1.165) is 17.4 Å². The topological polar surface area (TPSA) is 92.1 Å². The van der Waals surface area contributed by atoms with Crippen molar-refractivity contribution >= 4 is 22.6 Å².